The van der Waals surface area contributed by atoms with Crippen LogP contribution in [0.5, 0.6) is 0 Å². The number of aryl methyl sites for hydroxylation is 1. The Balaban J connectivity index is 1.46. The van der Waals surface area contributed by atoms with Crippen LogP contribution in [0.4, 0.5) is 0 Å². The Labute approximate surface area is 165 Å². The van der Waals surface area contributed by atoms with Crippen molar-refractivity contribution < 1.29 is 9.59 Å². The van der Waals surface area contributed by atoms with Gasteiger partial charge in [-0.3, -0.25) is 9.59 Å². The molecule has 2 amide bonds. The molecule has 0 aromatic heterocycles. The molecule has 1 N–H and O–H groups in total. The van der Waals surface area contributed by atoms with Gasteiger partial charge in [-0.05, 0) is 55.5 Å². The summed E-state index contributed by atoms with van der Waals surface area (Å²) in [6, 6.07) is 17.2. The molecule has 27 heavy (non-hydrogen) atoms. The van der Waals surface area contributed by atoms with Gasteiger partial charge >= 0.3 is 0 Å². The number of hydrogen-bond acceptors (Lipinski definition) is 2. The van der Waals surface area contributed by atoms with Gasteiger partial charge in [-0.15, -0.1) is 0 Å². The van der Waals surface area contributed by atoms with Crippen LogP contribution in [0.2, 0.25) is 5.02 Å². The summed E-state index contributed by atoms with van der Waals surface area (Å²) in [5.74, 6) is -0.114. The Morgan fingerprint density at radius 2 is 1.81 bits per heavy atom. The normalized spacial score (nSPS) is 16.8. The minimum absolute atomic E-state index is 0.0340. The number of nitrogens with zero attached hydrogens (tertiary/aromatic N) is 1. The maximum absolute atomic E-state index is 12.6. The van der Waals surface area contributed by atoms with Crippen molar-refractivity contribution in [2.24, 2.45) is 5.92 Å². The lowest BCUT2D eigenvalue weighted by Crippen LogP contribution is -2.45. The van der Waals surface area contributed by atoms with Crippen LogP contribution >= 0.6 is 11.6 Å². The second-order valence-electron chi connectivity index (χ2n) is 6.98. The largest absolute Gasteiger partial charge is 0.356 e. The summed E-state index contributed by atoms with van der Waals surface area (Å²) in [6.45, 7) is 1.83. The predicted molar refractivity (Wildman–Crippen MR) is 108 cm³/mol. The van der Waals surface area contributed by atoms with Gasteiger partial charge in [0.25, 0.3) is 5.91 Å². The monoisotopic (exact) mass is 384 g/mol. The van der Waals surface area contributed by atoms with E-state index >= 15 is 0 Å². The van der Waals surface area contributed by atoms with E-state index in [1.54, 1.807) is 29.2 Å². The summed E-state index contributed by atoms with van der Waals surface area (Å²) in [5.41, 5.74) is 1.90. The fourth-order valence-corrected chi connectivity index (χ4v) is 3.57. The zero-order chi connectivity index (χ0) is 19.1. The van der Waals surface area contributed by atoms with E-state index in [1.165, 1.54) is 5.56 Å². The number of rotatable bonds is 6. The third kappa shape index (κ3) is 5.57. The molecule has 0 saturated carbocycles. The zero-order valence-corrected chi connectivity index (χ0v) is 16.1. The van der Waals surface area contributed by atoms with Gasteiger partial charge in [0.15, 0.2) is 0 Å². The van der Waals surface area contributed by atoms with Crippen LogP contribution in [0.1, 0.15) is 35.2 Å². The highest BCUT2D eigenvalue weighted by molar-refractivity contribution is 6.30. The Morgan fingerprint density at radius 3 is 2.56 bits per heavy atom. The Hall–Kier alpha value is -2.33. The SMILES string of the molecule is O=C(NCCCc1ccccc1)[C@H]1CCCN(C(=O)c2ccc(Cl)cc2)C1. The average Bonchev–Trinajstić information content (AvgIpc) is 2.72. The number of carbonyl (C=O) groups excluding carboxylic acids is 2. The van der Waals surface area contributed by atoms with E-state index in [-0.39, 0.29) is 17.7 Å². The van der Waals surface area contributed by atoms with Gasteiger partial charge in [0.05, 0.1) is 5.92 Å². The summed E-state index contributed by atoms with van der Waals surface area (Å²) in [6.07, 6.45) is 3.54. The minimum Gasteiger partial charge on any atom is -0.356 e. The first-order valence-electron chi connectivity index (χ1n) is 9.50. The van der Waals surface area contributed by atoms with E-state index in [0.717, 1.165) is 25.7 Å². The van der Waals surface area contributed by atoms with Crippen molar-refractivity contribution >= 4 is 23.4 Å². The van der Waals surface area contributed by atoms with Crippen LogP contribution in [-0.2, 0) is 11.2 Å². The van der Waals surface area contributed by atoms with Gasteiger partial charge in [-0.25, -0.2) is 0 Å². The first kappa shape index (κ1) is 19.4. The molecule has 1 aliphatic heterocycles. The van der Waals surface area contributed by atoms with E-state index in [9.17, 15) is 9.59 Å². The van der Waals surface area contributed by atoms with Crippen LogP contribution < -0.4 is 5.32 Å². The van der Waals surface area contributed by atoms with Crippen LogP contribution in [-0.4, -0.2) is 36.3 Å². The van der Waals surface area contributed by atoms with Crippen molar-refractivity contribution in [1.82, 2.24) is 10.2 Å². The lowest BCUT2D eigenvalue weighted by atomic mass is 9.96. The molecule has 0 aliphatic carbocycles. The number of piperidine rings is 1. The Bertz CT molecular complexity index is 762. The summed E-state index contributed by atoms with van der Waals surface area (Å²) >= 11 is 5.89. The molecular formula is C22H25ClN2O2. The third-order valence-electron chi connectivity index (χ3n) is 4.95. The first-order chi connectivity index (χ1) is 13.1. The van der Waals surface area contributed by atoms with Crippen LogP contribution in [0.15, 0.2) is 54.6 Å². The number of likely N-dealkylation sites (tertiary alicyclic amines) is 1. The standard InChI is InChI=1S/C22H25ClN2O2/c23-20-12-10-18(11-13-20)22(27)25-15-5-9-19(16-25)21(26)24-14-4-8-17-6-2-1-3-7-17/h1-3,6-7,10-13,19H,4-5,8-9,14-16H2,(H,24,26)/t19-/m0/s1. The minimum atomic E-state index is -0.133. The molecule has 5 heteroatoms. The number of benzene rings is 2. The summed E-state index contributed by atoms with van der Waals surface area (Å²) in [4.78, 5) is 26.9. The highest BCUT2D eigenvalue weighted by atomic mass is 35.5. The topological polar surface area (TPSA) is 49.4 Å². The summed E-state index contributed by atoms with van der Waals surface area (Å²) < 4.78 is 0. The van der Waals surface area contributed by atoms with Crippen LogP contribution in [0.3, 0.4) is 0 Å². The molecule has 2 aromatic carbocycles. The average molecular weight is 385 g/mol. The second kappa shape index (κ2) is 9.56. The van der Waals surface area contributed by atoms with E-state index < -0.39 is 0 Å². The van der Waals surface area contributed by atoms with Gasteiger partial charge in [0.2, 0.25) is 5.91 Å². The Kier molecular flexibility index (Phi) is 6.88. The smallest absolute Gasteiger partial charge is 0.253 e. The molecule has 3 rings (SSSR count). The molecule has 0 radical (unpaired) electrons. The summed E-state index contributed by atoms with van der Waals surface area (Å²) in [5, 5.41) is 3.64. The molecule has 142 valence electrons. The summed E-state index contributed by atoms with van der Waals surface area (Å²) in [7, 11) is 0. The number of halogens is 1. The molecule has 1 heterocycles. The molecule has 1 aliphatic rings. The third-order valence-corrected chi connectivity index (χ3v) is 5.21. The van der Waals surface area contributed by atoms with Crippen molar-refractivity contribution in [3.05, 3.63) is 70.7 Å². The zero-order valence-electron chi connectivity index (χ0n) is 15.4. The van der Waals surface area contributed by atoms with Crippen molar-refractivity contribution in [3.63, 3.8) is 0 Å². The van der Waals surface area contributed by atoms with Gasteiger partial charge < -0.3 is 10.2 Å². The predicted octanol–water partition coefficient (Wildman–Crippen LogP) is 3.94. The highest BCUT2D eigenvalue weighted by Crippen LogP contribution is 2.20. The fourth-order valence-electron chi connectivity index (χ4n) is 3.44. The van der Waals surface area contributed by atoms with Gasteiger partial charge in [0.1, 0.15) is 0 Å². The fraction of sp³-hybridized carbons (Fsp3) is 0.364. The van der Waals surface area contributed by atoms with Crippen LogP contribution in [0, 0.1) is 5.92 Å². The first-order valence-corrected chi connectivity index (χ1v) is 9.88. The molecule has 1 fully saturated rings. The van der Waals surface area contributed by atoms with E-state index in [1.807, 2.05) is 18.2 Å². The maximum Gasteiger partial charge on any atom is 0.253 e. The van der Waals surface area contributed by atoms with Crippen molar-refractivity contribution in [1.29, 1.82) is 0 Å². The number of nitrogens with one attached hydrogen (secondary N) is 1. The molecule has 1 atom stereocenters. The second-order valence-corrected chi connectivity index (χ2v) is 7.41. The number of carbonyl (C=O) groups is 2. The molecular weight excluding hydrogens is 360 g/mol. The lowest BCUT2D eigenvalue weighted by molar-refractivity contribution is -0.126. The number of hydrogen-bond donors (Lipinski definition) is 1. The van der Waals surface area contributed by atoms with Crippen molar-refractivity contribution in [2.45, 2.75) is 25.7 Å². The molecule has 0 spiro atoms. The molecule has 2 aromatic rings. The lowest BCUT2D eigenvalue weighted by Gasteiger charge is -2.32. The van der Waals surface area contributed by atoms with E-state index in [2.05, 4.69) is 17.4 Å². The maximum atomic E-state index is 12.6. The highest BCUT2D eigenvalue weighted by Gasteiger charge is 2.28. The van der Waals surface area contributed by atoms with Crippen molar-refractivity contribution in [2.75, 3.05) is 19.6 Å². The van der Waals surface area contributed by atoms with Gasteiger partial charge in [0, 0.05) is 30.2 Å². The van der Waals surface area contributed by atoms with Gasteiger partial charge in [-0.2, -0.15) is 0 Å². The van der Waals surface area contributed by atoms with Crippen LogP contribution in [0.25, 0.3) is 0 Å². The molecule has 0 unspecified atom stereocenters. The molecule has 1 saturated heterocycles. The quantitative estimate of drug-likeness (QED) is 0.767. The molecule has 4 nitrogen and oxygen atoms in total. The van der Waals surface area contributed by atoms with Crippen molar-refractivity contribution in [3.8, 4) is 0 Å². The van der Waals surface area contributed by atoms with Gasteiger partial charge in [-0.1, -0.05) is 41.9 Å². The molecule has 0 bridgehead atoms. The number of amides is 2. The van der Waals surface area contributed by atoms with E-state index in [4.69, 9.17) is 11.6 Å². The Morgan fingerprint density at radius 1 is 1.07 bits per heavy atom. The van der Waals surface area contributed by atoms with E-state index in [0.29, 0.717) is 30.2 Å².